The van der Waals surface area contributed by atoms with E-state index in [0.717, 1.165) is 12.8 Å². The van der Waals surface area contributed by atoms with E-state index in [0.29, 0.717) is 42.7 Å². The molecule has 4 N–H and O–H groups in total. The van der Waals surface area contributed by atoms with E-state index in [1.54, 1.807) is 36.4 Å². The fraction of sp³-hybridized carbons (Fsp3) is 0.500. The van der Waals surface area contributed by atoms with Crippen LogP contribution in [0.2, 0.25) is 0 Å². The molecule has 0 spiro atoms. The Morgan fingerprint density at radius 3 is 2.56 bits per heavy atom. The van der Waals surface area contributed by atoms with Crippen molar-refractivity contribution < 1.29 is 41.9 Å². The van der Waals surface area contributed by atoms with Crippen LogP contribution in [0.3, 0.4) is 0 Å². The highest BCUT2D eigenvalue weighted by Gasteiger charge is 2.62. The van der Waals surface area contributed by atoms with Crippen molar-refractivity contribution in [2.24, 2.45) is 5.92 Å². The summed E-state index contributed by atoms with van der Waals surface area (Å²) in [5.41, 5.74) is -0.188. The van der Waals surface area contributed by atoms with Crippen LogP contribution in [0.15, 0.2) is 54.6 Å². The second-order valence-corrected chi connectivity index (χ2v) is 16.0. The maximum absolute atomic E-state index is 14.3. The first-order chi connectivity index (χ1) is 25.0. The van der Waals surface area contributed by atoms with Gasteiger partial charge in [0.2, 0.25) is 21.8 Å². The molecule has 2 aromatic rings. The van der Waals surface area contributed by atoms with Crippen molar-refractivity contribution >= 4 is 39.7 Å². The monoisotopic (exact) mass is 734 g/mol. The first-order valence-corrected chi connectivity index (χ1v) is 19.4. The number of allylic oxidation sites excluding steroid dienone is 1. The smallest absolute Gasteiger partial charge is 0.407 e. The van der Waals surface area contributed by atoms with Crippen LogP contribution in [0.25, 0.3) is 11.3 Å². The summed E-state index contributed by atoms with van der Waals surface area (Å²) in [4.78, 5) is 74.6. The van der Waals surface area contributed by atoms with Crippen LogP contribution in [0.1, 0.15) is 68.3 Å². The fourth-order valence-electron chi connectivity index (χ4n) is 7.11. The molecule has 7 rings (SSSR count). The van der Waals surface area contributed by atoms with E-state index < -0.39 is 74.6 Å². The minimum atomic E-state index is -3.90. The molecular formula is C36H42N6O9S. The number of fused-ring (bicyclic) bond motifs is 8. The number of amides is 5. The second kappa shape index (κ2) is 14.6. The molecule has 2 aliphatic carbocycles. The van der Waals surface area contributed by atoms with Gasteiger partial charge in [0, 0.05) is 24.1 Å². The molecule has 3 fully saturated rings. The third-order valence-electron chi connectivity index (χ3n) is 10.2. The number of cyclic esters (lactones) is 1. The van der Waals surface area contributed by atoms with Gasteiger partial charge in [0.05, 0.1) is 10.9 Å². The van der Waals surface area contributed by atoms with E-state index in [1.807, 2.05) is 18.2 Å². The van der Waals surface area contributed by atoms with E-state index in [4.69, 9.17) is 9.47 Å². The van der Waals surface area contributed by atoms with E-state index >= 15 is 0 Å². The van der Waals surface area contributed by atoms with Gasteiger partial charge in [-0.25, -0.2) is 18.2 Å². The van der Waals surface area contributed by atoms with Crippen molar-refractivity contribution in [1.82, 2.24) is 30.6 Å². The summed E-state index contributed by atoms with van der Waals surface area (Å²) < 4.78 is 38.9. The lowest BCUT2D eigenvalue weighted by atomic mass is 10.0. The molecule has 3 aliphatic heterocycles. The van der Waals surface area contributed by atoms with Crippen molar-refractivity contribution in [2.75, 3.05) is 19.8 Å². The average molecular weight is 735 g/mol. The number of hydrogen-bond donors (Lipinski definition) is 4. The van der Waals surface area contributed by atoms with Crippen LogP contribution >= 0.6 is 0 Å². The molecule has 0 unspecified atom stereocenters. The van der Waals surface area contributed by atoms with Crippen LogP contribution < -0.4 is 25.4 Å². The Morgan fingerprint density at radius 2 is 1.73 bits per heavy atom. The van der Waals surface area contributed by atoms with Gasteiger partial charge in [0.25, 0.3) is 11.8 Å². The van der Waals surface area contributed by atoms with Gasteiger partial charge < -0.3 is 30.3 Å². The third kappa shape index (κ3) is 7.76. The molecule has 7 bridgehead atoms. The van der Waals surface area contributed by atoms with E-state index in [-0.39, 0.29) is 44.7 Å². The number of nitrogens with zero attached hydrogens (tertiary/aromatic N) is 2. The highest BCUT2D eigenvalue weighted by atomic mass is 32.2. The van der Waals surface area contributed by atoms with Gasteiger partial charge in [-0.15, -0.1) is 0 Å². The molecule has 15 nitrogen and oxygen atoms in total. The third-order valence-corrected chi connectivity index (χ3v) is 12.0. The lowest BCUT2D eigenvalue weighted by Crippen LogP contribution is -2.58. The van der Waals surface area contributed by atoms with Crippen LogP contribution in [-0.2, 0) is 29.1 Å². The SMILES string of the molecule is O=C1N[C@H]2CCCCC/C=C\[C@H]3C[C@@]3(C(=O)NS(=O)(=O)C3CC3)NC(=O)[C@@H]3C[C@H](CN3C2=O)NC(=O)c2cccc(n2)-c2cccc(c2)OCCO1. The molecule has 1 aromatic carbocycles. The minimum Gasteiger partial charge on any atom is -0.490 e. The molecule has 0 radical (unpaired) electrons. The van der Waals surface area contributed by atoms with Crippen LogP contribution in [0.5, 0.6) is 5.75 Å². The normalized spacial score (nSPS) is 29.1. The predicted molar refractivity (Wildman–Crippen MR) is 186 cm³/mol. The van der Waals surface area contributed by atoms with Gasteiger partial charge in [-0.1, -0.05) is 43.2 Å². The quantitative estimate of drug-likeness (QED) is 0.338. The number of pyridine rings is 1. The summed E-state index contributed by atoms with van der Waals surface area (Å²) in [6.07, 6.45) is 7.07. The van der Waals surface area contributed by atoms with Crippen LogP contribution in [0, 0.1) is 5.92 Å². The molecule has 1 aromatic heterocycles. The van der Waals surface area contributed by atoms with Gasteiger partial charge in [-0.2, -0.15) is 0 Å². The summed E-state index contributed by atoms with van der Waals surface area (Å²) in [5.74, 6) is -2.48. The summed E-state index contributed by atoms with van der Waals surface area (Å²) in [7, 11) is -3.90. The van der Waals surface area contributed by atoms with E-state index in [1.165, 1.54) is 4.90 Å². The maximum Gasteiger partial charge on any atom is 0.407 e. The summed E-state index contributed by atoms with van der Waals surface area (Å²) in [5, 5.41) is 7.78. The topological polar surface area (TPSA) is 202 Å². The Balaban J connectivity index is 1.20. The van der Waals surface area contributed by atoms with Crippen molar-refractivity contribution in [1.29, 1.82) is 0 Å². The Bertz CT molecular complexity index is 1900. The van der Waals surface area contributed by atoms with Crippen LogP contribution in [0.4, 0.5) is 4.79 Å². The van der Waals surface area contributed by atoms with Crippen molar-refractivity contribution in [3.05, 3.63) is 60.3 Å². The standard InChI is InChI=1S/C36H42N6O9S/c43-31-28-13-7-12-27(38-28)22-8-6-10-25(18-22)50-16-17-51-35(47)39-29-11-5-3-1-2-4-9-23-20-36(23,34(46)41-52(48,49)26-14-15-26)40-32(44)30-19-24(37-31)21-42(30)33(29)45/h4,6-10,12-13,18,23-24,26,29-30H,1-3,5,11,14-17,19-21H2,(H,37,43)(H,39,47)(H,40,44)(H,41,46)/b9-4-/t23-,24+,29-,30-,36+/m0/s1. The Hall–Kier alpha value is -4.99. The Morgan fingerprint density at radius 1 is 0.942 bits per heavy atom. The zero-order valence-corrected chi connectivity index (χ0v) is 29.4. The number of alkyl carbamates (subject to hydrolysis) is 1. The van der Waals surface area contributed by atoms with Gasteiger partial charge >= 0.3 is 6.09 Å². The summed E-state index contributed by atoms with van der Waals surface area (Å²) in [6.45, 7) is -0.134. The molecule has 52 heavy (non-hydrogen) atoms. The molecule has 1 saturated heterocycles. The summed E-state index contributed by atoms with van der Waals surface area (Å²) in [6, 6.07) is 9.23. The minimum absolute atomic E-state index is 0.00185. The van der Waals surface area contributed by atoms with Gasteiger partial charge in [0.1, 0.15) is 42.3 Å². The first-order valence-electron chi connectivity index (χ1n) is 17.8. The molecule has 2 saturated carbocycles. The largest absolute Gasteiger partial charge is 0.490 e. The van der Waals surface area contributed by atoms with Gasteiger partial charge in [-0.05, 0) is 69.2 Å². The fourth-order valence-corrected chi connectivity index (χ4v) is 8.47. The van der Waals surface area contributed by atoms with Crippen molar-refractivity contribution in [3.63, 3.8) is 0 Å². The number of benzene rings is 1. The number of rotatable bonds is 3. The van der Waals surface area contributed by atoms with Crippen molar-refractivity contribution in [3.8, 4) is 17.0 Å². The first kappa shape index (κ1) is 35.4. The highest BCUT2D eigenvalue weighted by Crippen LogP contribution is 2.46. The molecule has 5 amide bonds. The second-order valence-electron chi connectivity index (χ2n) is 14.0. The molecule has 276 valence electrons. The lowest BCUT2D eigenvalue weighted by Gasteiger charge is -2.30. The van der Waals surface area contributed by atoms with E-state index in [9.17, 15) is 32.4 Å². The van der Waals surface area contributed by atoms with Crippen LogP contribution in [-0.4, -0.2) is 96.7 Å². The zero-order valence-electron chi connectivity index (χ0n) is 28.5. The Kier molecular flexibility index (Phi) is 9.92. The molecule has 5 aliphatic rings. The maximum atomic E-state index is 14.3. The highest BCUT2D eigenvalue weighted by molar-refractivity contribution is 7.91. The Labute approximate surface area is 301 Å². The number of ether oxygens (including phenoxy) is 2. The number of nitrogens with one attached hydrogen (secondary N) is 4. The van der Waals surface area contributed by atoms with E-state index in [2.05, 4.69) is 25.7 Å². The number of carbonyl (C=O) groups excluding carboxylic acids is 5. The number of carbonyl (C=O) groups is 5. The van der Waals surface area contributed by atoms with Gasteiger partial charge in [0.15, 0.2) is 0 Å². The van der Waals surface area contributed by atoms with Gasteiger partial charge in [-0.3, -0.25) is 23.9 Å². The zero-order chi connectivity index (χ0) is 36.5. The number of sulfonamides is 1. The lowest BCUT2D eigenvalue weighted by molar-refractivity contribution is -0.141. The number of hydrogen-bond acceptors (Lipinski definition) is 10. The molecule has 16 heteroatoms. The van der Waals surface area contributed by atoms with Crippen molar-refractivity contribution in [2.45, 2.75) is 86.7 Å². The molecular weight excluding hydrogens is 692 g/mol. The molecule has 5 atom stereocenters. The number of aromatic nitrogens is 1. The predicted octanol–water partition coefficient (Wildman–Crippen LogP) is 1.94. The average Bonchev–Trinajstić information content (AvgIpc) is 4.05. The summed E-state index contributed by atoms with van der Waals surface area (Å²) >= 11 is 0. The molecule has 4 heterocycles.